The van der Waals surface area contributed by atoms with Crippen LogP contribution in [0.5, 0.6) is 0 Å². The SMILES string of the molecule is Cn1nc(C#N)c2c1CCC2. The predicted molar refractivity (Wildman–Crippen MR) is 39.9 cm³/mol. The third kappa shape index (κ3) is 0.758. The summed E-state index contributed by atoms with van der Waals surface area (Å²) in [5.74, 6) is 0. The first-order chi connectivity index (χ1) is 5.33. The Hall–Kier alpha value is -1.30. The van der Waals surface area contributed by atoms with E-state index in [4.69, 9.17) is 5.26 Å². The number of fused-ring (bicyclic) bond motifs is 1. The molecule has 3 heteroatoms. The Bertz CT molecular complexity index is 330. The van der Waals surface area contributed by atoms with Gasteiger partial charge in [-0.2, -0.15) is 10.4 Å². The van der Waals surface area contributed by atoms with Gasteiger partial charge in [0.1, 0.15) is 6.07 Å². The molecule has 11 heavy (non-hydrogen) atoms. The highest BCUT2D eigenvalue weighted by Crippen LogP contribution is 2.23. The number of nitrogens with zero attached hydrogens (tertiary/aromatic N) is 3. The second-order valence-corrected chi connectivity index (χ2v) is 2.86. The van der Waals surface area contributed by atoms with Gasteiger partial charge in [-0.15, -0.1) is 0 Å². The monoisotopic (exact) mass is 147 g/mol. The molecule has 1 aromatic rings. The Morgan fingerprint density at radius 3 is 3.09 bits per heavy atom. The summed E-state index contributed by atoms with van der Waals surface area (Å²) < 4.78 is 1.83. The van der Waals surface area contributed by atoms with Gasteiger partial charge in [0, 0.05) is 18.3 Å². The van der Waals surface area contributed by atoms with Crippen molar-refractivity contribution in [3.63, 3.8) is 0 Å². The van der Waals surface area contributed by atoms with Gasteiger partial charge in [-0.1, -0.05) is 0 Å². The Morgan fingerprint density at radius 2 is 2.36 bits per heavy atom. The van der Waals surface area contributed by atoms with Crippen molar-refractivity contribution in [2.75, 3.05) is 0 Å². The molecule has 0 aliphatic heterocycles. The second kappa shape index (κ2) is 2.09. The average molecular weight is 147 g/mol. The van der Waals surface area contributed by atoms with E-state index in [0.29, 0.717) is 5.69 Å². The first-order valence-corrected chi connectivity index (χ1v) is 3.78. The highest BCUT2D eigenvalue weighted by Gasteiger charge is 2.20. The molecular weight excluding hydrogens is 138 g/mol. The first kappa shape index (κ1) is 6.41. The molecule has 1 aliphatic carbocycles. The first-order valence-electron chi connectivity index (χ1n) is 3.78. The molecule has 0 fully saturated rings. The van der Waals surface area contributed by atoms with Crippen LogP contribution in [0, 0.1) is 11.3 Å². The smallest absolute Gasteiger partial charge is 0.165 e. The van der Waals surface area contributed by atoms with Crippen molar-refractivity contribution >= 4 is 0 Å². The van der Waals surface area contributed by atoms with E-state index in [0.717, 1.165) is 12.8 Å². The van der Waals surface area contributed by atoms with E-state index in [2.05, 4.69) is 11.2 Å². The number of nitriles is 1. The standard InChI is InChI=1S/C8H9N3/c1-11-8-4-2-3-6(8)7(5-9)10-11/h2-4H2,1H3. The van der Waals surface area contributed by atoms with Crippen LogP contribution in [0.2, 0.25) is 0 Å². The van der Waals surface area contributed by atoms with Gasteiger partial charge in [0.25, 0.3) is 0 Å². The second-order valence-electron chi connectivity index (χ2n) is 2.86. The third-order valence-electron chi connectivity index (χ3n) is 2.22. The lowest BCUT2D eigenvalue weighted by Gasteiger charge is -1.92. The maximum Gasteiger partial charge on any atom is 0.165 e. The van der Waals surface area contributed by atoms with Crippen molar-refractivity contribution in [1.82, 2.24) is 9.78 Å². The molecule has 0 radical (unpaired) electrons. The van der Waals surface area contributed by atoms with Crippen LogP contribution in [0.1, 0.15) is 23.4 Å². The average Bonchev–Trinajstić information content (AvgIpc) is 2.54. The fourth-order valence-corrected chi connectivity index (χ4v) is 1.70. The molecule has 1 aliphatic rings. The van der Waals surface area contributed by atoms with E-state index >= 15 is 0 Å². The molecule has 0 amide bonds. The Labute approximate surface area is 65.3 Å². The zero-order valence-electron chi connectivity index (χ0n) is 6.46. The molecule has 56 valence electrons. The number of aromatic nitrogens is 2. The number of hydrogen-bond donors (Lipinski definition) is 0. The maximum atomic E-state index is 8.69. The highest BCUT2D eigenvalue weighted by atomic mass is 15.3. The summed E-state index contributed by atoms with van der Waals surface area (Å²) in [6.45, 7) is 0. The fourth-order valence-electron chi connectivity index (χ4n) is 1.70. The van der Waals surface area contributed by atoms with Crippen LogP contribution in [0.25, 0.3) is 0 Å². The van der Waals surface area contributed by atoms with Gasteiger partial charge in [0.2, 0.25) is 0 Å². The van der Waals surface area contributed by atoms with Crippen LogP contribution in [0.3, 0.4) is 0 Å². The zero-order chi connectivity index (χ0) is 7.84. The molecule has 0 saturated heterocycles. The molecule has 0 bridgehead atoms. The Morgan fingerprint density at radius 1 is 1.55 bits per heavy atom. The van der Waals surface area contributed by atoms with E-state index in [1.165, 1.54) is 17.7 Å². The summed E-state index contributed by atoms with van der Waals surface area (Å²) in [5.41, 5.74) is 3.05. The summed E-state index contributed by atoms with van der Waals surface area (Å²) in [6.07, 6.45) is 3.29. The van der Waals surface area contributed by atoms with Crippen molar-refractivity contribution in [1.29, 1.82) is 5.26 Å². The van der Waals surface area contributed by atoms with Gasteiger partial charge in [-0.25, -0.2) is 0 Å². The van der Waals surface area contributed by atoms with E-state index < -0.39 is 0 Å². The molecule has 0 unspecified atom stereocenters. The maximum absolute atomic E-state index is 8.69. The van der Waals surface area contributed by atoms with Crippen molar-refractivity contribution in [2.24, 2.45) is 7.05 Å². The fraction of sp³-hybridized carbons (Fsp3) is 0.500. The molecule has 0 N–H and O–H groups in total. The molecule has 0 aromatic carbocycles. The topological polar surface area (TPSA) is 41.6 Å². The molecule has 1 aromatic heterocycles. The van der Waals surface area contributed by atoms with Crippen LogP contribution in [-0.4, -0.2) is 9.78 Å². The Kier molecular flexibility index (Phi) is 1.22. The van der Waals surface area contributed by atoms with Crippen LogP contribution in [0.15, 0.2) is 0 Å². The van der Waals surface area contributed by atoms with E-state index in [-0.39, 0.29) is 0 Å². The molecule has 2 rings (SSSR count). The van der Waals surface area contributed by atoms with Crippen molar-refractivity contribution in [3.8, 4) is 6.07 Å². The van der Waals surface area contributed by atoms with E-state index in [9.17, 15) is 0 Å². The number of hydrogen-bond acceptors (Lipinski definition) is 2. The lowest BCUT2D eigenvalue weighted by molar-refractivity contribution is 0.703. The van der Waals surface area contributed by atoms with Gasteiger partial charge in [0.15, 0.2) is 5.69 Å². The summed E-state index contributed by atoms with van der Waals surface area (Å²) in [6, 6.07) is 2.12. The minimum absolute atomic E-state index is 0.625. The van der Waals surface area contributed by atoms with Crippen molar-refractivity contribution in [2.45, 2.75) is 19.3 Å². The molecule has 0 atom stereocenters. The largest absolute Gasteiger partial charge is 0.271 e. The lowest BCUT2D eigenvalue weighted by atomic mass is 10.2. The van der Waals surface area contributed by atoms with Gasteiger partial charge < -0.3 is 0 Å². The van der Waals surface area contributed by atoms with Crippen LogP contribution < -0.4 is 0 Å². The minimum Gasteiger partial charge on any atom is -0.271 e. The predicted octanol–water partition coefficient (Wildman–Crippen LogP) is 0.780. The lowest BCUT2D eigenvalue weighted by Crippen LogP contribution is -1.95. The molecule has 0 saturated carbocycles. The van der Waals surface area contributed by atoms with E-state index in [1.54, 1.807) is 0 Å². The minimum atomic E-state index is 0.625. The van der Waals surface area contributed by atoms with Gasteiger partial charge >= 0.3 is 0 Å². The van der Waals surface area contributed by atoms with Crippen LogP contribution in [0.4, 0.5) is 0 Å². The summed E-state index contributed by atoms with van der Waals surface area (Å²) in [4.78, 5) is 0. The quantitative estimate of drug-likeness (QED) is 0.544. The number of rotatable bonds is 0. The van der Waals surface area contributed by atoms with E-state index in [1.807, 2.05) is 11.7 Å². The van der Waals surface area contributed by atoms with Crippen LogP contribution >= 0.6 is 0 Å². The molecule has 3 nitrogen and oxygen atoms in total. The van der Waals surface area contributed by atoms with Gasteiger partial charge in [-0.3, -0.25) is 4.68 Å². The molecule has 0 spiro atoms. The molecule has 1 heterocycles. The number of aryl methyl sites for hydroxylation is 1. The van der Waals surface area contributed by atoms with Gasteiger partial charge in [-0.05, 0) is 19.3 Å². The summed E-state index contributed by atoms with van der Waals surface area (Å²) in [5, 5.41) is 12.8. The highest BCUT2D eigenvalue weighted by molar-refractivity contribution is 5.37. The van der Waals surface area contributed by atoms with Crippen molar-refractivity contribution in [3.05, 3.63) is 17.0 Å². The van der Waals surface area contributed by atoms with Crippen molar-refractivity contribution < 1.29 is 0 Å². The van der Waals surface area contributed by atoms with Gasteiger partial charge in [0.05, 0.1) is 0 Å². The zero-order valence-corrected chi connectivity index (χ0v) is 6.46. The molecular formula is C8H9N3. The third-order valence-corrected chi connectivity index (χ3v) is 2.22. The Balaban J connectivity index is 2.63. The van der Waals surface area contributed by atoms with Crippen LogP contribution in [-0.2, 0) is 19.9 Å². The normalized spacial score (nSPS) is 14.5. The summed E-state index contributed by atoms with van der Waals surface area (Å²) >= 11 is 0. The summed E-state index contributed by atoms with van der Waals surface area (Å²) in [7, 11) is 1.91.